The van der Waals surface area contributed by atoms with Crippen LogP contribution in [0.5, 0.6) is 0 Å². The lowest BCUT2D eigenvalue weighted by Crippen LogP contribution is -2.33. The number of carboxylic acids is 2. The molecular formula is C77H82N12O17. The average Bonchev–Trinajstić information content (AvgIpc) is 1.63. The Morgan fingerprint density at radius 2 is 0.670 bits per heavy atom. The minimum Gasteiger partial charge on any atom is -0.479 e. The second-order valence-corrected chi connectivity index (χ2v) is 24.5. The highest BCUT2D eigenvalue weighted by molar-refractivity contribution is 5.91. The van der Waals surface area contributed by atoms with Gasteiger partial charge in [-0.1, -0.05) is 72.8 Å². The van der Waals surface area contributed by atoms with Gasteiger partial charge in [0, 0.05) is 81.2 Å². The van der Waals surface area contributed by atoms with E-state index in [0.717, 1.165) is 99.6 Å². The molecule has 2 amide bonds. The molecule has 4 aromatic carbocycles. The number of aryl methyl sites for hydroxylation is 4. The monoisotopic (exact) mass is 1450 g/mol. The standard InChI is InChI=1S/C27H27N3O4.C20H21N3O4.C14H14N2O3.C9H12N2O3.C7H8N2O3/c31-26(33-17-18-7-2-1-3-8-18)23(16-24-28-13-6-14-29-24)34-27(32)30-25-21-11-4-9-19(21)15-20-10-5-12-22(20)25;24-19(25)16(11-17-21-8-3-9-22-17)27-20(26)23-18-14-6-1-4-12(14)10-13-5-2-7-15(13)18;17-12(9-13-15-7-4-8-16-13)14(18)19-10-11-5-2-1-3-6-11;1-2-14-9(13)7(12)6-8-10-4-3-5-11-8;10-5(7(11)12)4-6-8-2-1-3-9-6/h1-3,6-8,13-15,23H,4-5,9-12,16-17H2,(H,30,32);3,8-10,16H,1-2,4-7,11H2,(H,23,26)(H,24,25);1-8,12,17H,9-10H2;3-5,7,12H,2,6H2,1H3;1-3,5,10H,4H2,(H,11,12)/t;16-;;;/m.1.../s1. The van der Waals surface area contributed by atoms with Gasteiger partial charge >= 0.3 is 42.0 Å². The number of carbonyl (C=O) groups excluding carboxylic acids is 5. The Balaban J connectivity index is 0.000000162. The molecule has 0 fully saturated rings. The molecule has 106 heavy (non-hydrogen) atoms. The third kappa shape index (κ3) is 24.3. The van der Waals surface area contributed by atoms with E-state index in [2.05, 4.69) is 77.3 Å². The van der Waals surface area contributed by atoms with Crippen LogP contribution < -0.4 is 10.6 Å². The molecule has 5 aromatic heterocycles. The summed E-state index contributed by atoms with van der Waals surface area (Å²) in [6.45, 7) is 2.18. The van der Waals surface area contributed by atoms with Gasteiger partial charge in [0.2, 0.25) is 12.2 Å². The first-order valence-electron chi connectivity index (χ1n) is 34.6. The molecule has 552 valence electrons. The molecule has 5 atom stereocenters. The van der Waals surface area contributed by atoms with Gasteiger partial charge in [0.1, 0.15) is 42.3 Å². The fraction of sp³-hybridized carbons (Fsp3) is 0.338. The van der Waals surface area contributed by atoms with E-state index in [4.69, 9.17) is 29.2 Å². The van der Waals surface area contributed by atoms with E-state index >= 15 is 0 Å². The number of aliphatic hydroxyl groups excluding tert-OH is 3. The van der Waals surface area contributed by atoms with Gasteiger partial charge in [0.25, 0.3) is 0 Å². The molecule has 29 nitrogen and oxygen atoms in total. The number of anilines is 2. The van der Waals surface area contributed by atoms with Gasteiger partial charge in [-0.15, -0.1) is 0 Å². The number of hydrogen-bond acceptors (Lipinski definition) is 25. The highest BCUT2D eigenvalue weighted by atomic mass is 16.6. The van der Waals surface area contributed by atoms with Crippen molar-refractivity contribution in [2.45, 2.75) is 160 Å². The van der Waals surface area contributed by atoms with Crippen molar-refractivity contribution in [3.8, 4) is 0 Å². The molecule has 4 aliphatic rings. The molecule has 13 rings (SSSR count). The van der Waals surface area contributed by atoms with Crippen LogP contribution in [-0.2, 0) is 144 Å². The summed E-state index contributed by atoms with van der Waals surface area (Å²) in [5.41, 5.74) is 13.4. The fourth-order valence-electron chi connectivity index (χ4n) is 12.0. The third-order valence-corrected chi connectivity index (χ3v) is 17.0. The van der Waals surface area contributed by atoms with Crippen LogP contribution in [0.2, 0.25) is 0 Å². The Morgan fingerprint density at radius 1 is 0.368 bits per heavy atom. The highest BCUT2D eigenvalue weighted by Crippen LogP contribution is 2.40. The predicted molar refractivity (Wildman–Crippen MR) is 380 cm³/mol. The van der Waals surface area contributed by atoms with Crippen molar-refractivity contribution in [3.63, 3.8) is 0 Å². The molecule has 0 bridgehead atoms. The molecule has 5 heterocycles. The van der Waals surface area contributed by atoms with Crippen LogP contribution in [0.15, 0.2) is 165 Å². The number of nitrogens with one attached hydrogen (secondary N) is 2. The fourth-order valence-corrected chi connectivity index (χ4v) is 12.0. The zero-order chi connectivity index (χ0) is 75.0. The predicted octanol–water partition coefficient (Wildman–Crippen LogP) is 7.59. The summed E-state index contributed by atoms with van der Waals surface area (Å²) in [7, 11) is 0. The summed E-state index contributed by atoms with van der Waals surface area (Å²) in [6, 6.07) is 31.5. The lowest BCUT2D eigenvalue weighted by molar-refractivity contribution is -0.155. The van der Waals surface area contributed by atoms with Crippen molar-refractivity contribution in [1.82, 2.24) is 49.8 Å². The lowest BCUT2D eigenvalue weighted by atomic mass is 9.99. The zero-order valence-corrected chi connectivity index (χ0v) is 58.2. The Bertz CT molecular complexity index is 4270. The van der Waals surface area contributed by atoms with Crippen molar-refractivity contribution in [3.05, 3.63) is 250 Å². The van der Waals surface area contributed by atoms with Crippen molar-refractivity contribution in [1.29, 1.82) is 0 Å². The number of amides is 2. The number of aliphatic carboxylic acids is 2. The number of hydrogen-bond donors (Lipinski definition) is 7. The van der Waals surface area contributed by atoms with Crippen LogP contribution in [0.4, 0.5) is 21.0 Å². The number of carbonyl (C=O) groups is 7. The molecular weight excluding hydrogens is 1360 g/mol. The van der Waals surface area contributed by atoms with Crippen LogP contribution in [0.25, 0.3) is 0 Å². The van der Waals surface area contributed by atoms with Crippen LogP contribution in [0.1, 0.15) is 117 Å². The second kappa shape index (κ2) is 40.8. The van der Waals surface area contributed by atoms with E-state index in [9.17, 15) is 48.9 Å². The molecule has 0 aliphatic heterocycles. The Morgan fingerprint density at radius 3 is 1.00 bits per heavy atom. The molecule has 0 radical (unpaired) electrons. The van der Waals surface area contributed by atoms with Gasteiger partial charge in [-0.25, -0.2) is 83.4 Å². The van der Waals surface area contributed by atoms with Gasteiger partial charge in [-0.3, -0.25) is 10.6 Å². The summed E-state index contributed by atoms with van der Waals surface area (Å²) in [5.74, 6) is -2.54. The largest absolute Gasteiger partial charge is 0.479 e. The molecule has 9 aromatic rings. The minimum atomic E-state index is -1.42. The first-order valence-corrected chi connectivity index (χ1v) is 34.6. The van der Waals surface area contributed by atoms with Crippen molar-refractivity contribution < 1.29 is 82.8 Å². The second-order valence-electron chi connectivity index (χ2n) is 24.5. The van der Waals surface area contributed by atoms with Crippen LogP contribution in [-0.4, -0.2) is 155 Å². The maximum Gasteiger partial charge on any atom is 0.412 e. The maximum absolute atomic E-state index is 13.0. The van der Waals surface area contributed by atoms with Crippen LogP contribution in [0, 0.1) is 0 Å². The van der Waals surface area contributed by atoms with Gasteiger partial charge in [0.15, 0.2) is 18.3 Å². The van der Waals surface area contributed by atoms with Crippen LogP contribution in [0.3, 0.4) is 0 Å². The van der Waals surface area contributed by atoms with E-state index in [1.54, 1.807) is 74.4 Å². The van der Waals surface area contributed by atoms with Crippen molar-refractivity contribution >= 4 is 53.4 Å². The number of esters is 3. The summed E-state index contributed by atoms with van der Waals surface area (Å²) < 4.78 is 25.9. The number of ether oxygens (including phenoxy) is 5. The maximum atomic E-state index is 13.0. The quantitative estimate of drug-likeness (QED) is 0.0226. The topological polar surface area (TPSA) is 420 Å². The summed E-state index contributed by atoms with van der Waals surface area (Å²) in [5, 5.41) is 51.5. The molecule has 4 aliphatic carbocycles. The van der Waals surface area contributed by atoms with Gasteiger partial charge in [0.05, 0.1) is 30.8 Å². The van der Waals surface area contributed by atoms with Crippen molar-refractivity contribution in [2.24, 2.45) is 0 Å². The normalized spacial score (nSPS) is 13.8. The molecule has 0 spiro atoms. The highest BCUT2D eigenvalue weighted by Gasteiger charge is 2.32. The summed E-state index contributed by atoms with van der Waals surface area (Å²) >= 11 is 0. The molecule has 29 heteroatoms. The Kier molecular flexibility index (Phi) is 30.1. The SMILES string of the molecule is CCOC(=O)C(O)Cc1ncccn1.O=C(Nc1c2c(cc3c1CCC3)CCC2)OC(Cc1ncccn1)C(=O)OCc1ccccc1.O=C(Nc1c2c(cc3c1CCC3)CCC2)O[C@H](Cc1ncccn1)C(=O)O.O=C(O)C(O)Cc1ncccn1.O=C(OCc1ccccc1)C(O)Cc1ncccn1. The van der Waals surface area contributed by atoms with E-state index in [1.165, 1.54) is 69.3 Å². The summed E-state index contributed by atoms with van der Waals surface area (Å²) in [4.78, 5) is 122. The van der Waals surface area contributed by atoms with Crippen molar-refractivity contribution in [2.75, 3.05) is 17.2 Å². The third-order valence-electron chi connectivity index (χ3n) is 17.0. The Labute approximate surface area is 610 Å². The number of benzene rings is 4. The lowest BCUT2D eigenvalue weighted by Gasteiger charge is -2.19. The number of carboxylic acid groups (broad SMARTS) is 2. The molecule has 0 saturated carbocycles. The number of nitrogens with zero attached hydrogens (tertiary/aromatic N) is 10. The average molecular weight is 1450 g/mol. The van der Waals surface area contributed by atoms with E-state index in [1.807, 2.05) is 60.7 Å². The first-order chi connectivity index (χ1) is 51.5. The minimum absolute atomic E-state index is 0.0346. The van der Waals surface area contributed by atoms with Crippen LogP contribution >= 0.6 is 0 Å². The molecule has 7 N–H and O–H groups in total. The number of aromatic nitrogens is 10. The number of aliphatic hydroxyl groups is 3. The first kappa shape index (κ1) is 78.2. The molecule has 4 unspecified atom stereocenters. The Hall–Kier alpha value is -12.0. The van der Waals surface area contributed by atoms with E-state index in [-0.39, 0.29) is 51.9 Å². The van der Waals surface area contributed by atoms with Gasteiger partial charge in [-0.2, -0.15) is 0 Å². The van der Waals surface area contributed by atoms with Gasteiger partial charge < -0.3 is 49.2 Å². The van der Waals surface area contributed by atoms with E-state index in [0.29, 0.717) is 29.1 Å². The summed E-state index contributed by atoms with van der Waals surface area (Å²) in [6.07, 6.45) is 19.9. The smallest absolute Gasteiger partial charge is 0.412 e. The number of rotatable bonds is 24. The number of fused-ring (bicyclic) bond motifs is 4. The zero-order valence-electron chi connectivity index (χ0n) is 58.2. The van der Waals surface area contributed by atoms with Gasteiger partial charge in [-0.05, 0) is 170 Å². The molecule has 0 saturated heterocycles. The van der Waals surface area contributed by atoms with E-state index < -0.39 is 72.6 Å².